The predicted molar refractivity (Wildman–Crippen MR) is 165 cm³/mol. The third-order valence-electron chi connectivity index (χ3n) is 7.48. The van der Waals surface area contributed by atoms with Gasteiger partial charge < -0.3 is 19.1 Å². The van der Waals surface area contributed by atoms with Crippen LogP contribution < -0.4 is 9.64 Å². The molecule has 0 spiro atoms. The molecule has 0 saturated carbocycles. The molecule has 1 aliphatic heterocycles. The number of halogens is 1. The number of piperazine rings is 1. The number of anilines is 1. The minimum atomic E-state index is -0.347. The molecule has 1 saturated heterocycles. The fourth-order valence-electron chi connectivity index (χ4n) is 5.41. The zero-order valence-corrected chi connectivity index (χ0v) is 24.8. The first kappa shape index (κ1) is 27.4. The van der Waals surface area contributed by atoms with Crippen LogP contribution in [-0.4, -0.2) is 69.1 Å². The quantitative estimate of drug-likeness (QED) is 0.222. The minimum absolute atomic E-state index is 0.0773. The van der Waals surface area contributed by atoms with Crippen molar-refractivity contribution in [3.8, 4) is 5.75 Å². The number of para-hydroxylation sites is 2. The van der Waals surface area contributed by atoms with Crippen LogP contribution in [0.25, 0.3) is 22.1 Å². The summed E-state index contributed by atoms with van der Waals surface area (Å²) >= 11 is 7.63. The van der Waals surface area contributed by atoms with E-state index in [0.717, 1.165) is 57.7 Å². The monoisotopic (exact) mass is 586 g/mol. The van der Waals surface area contributed by atoms with E-state index in [4.69, 9.17) is 21.3 Å². The van der Waals surface area contributed by atoms with Gasteiger partial charge >= 0.3 is 0 Å². The second-order valence-electron chi connectivity index (χ2n) is 10.2. The maximum atomic E-state index is 13.4. The molecule has 41 heavy (non-hydrogen) atoms. The van der Waals surface area contributed by atoms with Gasteiger partial charge in [0.2, 0.25) is 11.1 Å². The van der Waals surface area contributed by atoms with E-state index >= 15 is 0 Å². The predicted octanol–water partition coefficient (Wildman–Crippen LogP) is 5.83. The first-order valence-corrected chi connectivity index (χ1v) is 14.9. The Morgan fingerprint density at radius 2 is 1.83 bits per heavy atom. The van der Waals surface area contributed by atoms with Crippen LogP contribution in [-0.2, 0) is 11.3 Å². The first-order valence-electron chi connectivity index (χ1n) is 13.6. The van der Waals surface area contributed by atoms with Crippen LogP contribution in [0.4, 0.5) is 5.69 Å². The van der Waals surface area contributed by atoms with Crippen molar-refractivity contribution >= 4 is 57.0 Å². The molecular formula is C31H31ClN6O2S. The van der Waals surface area contributed by atoms with Crippen molar-refractivity contribution < 1.29 is 9.53 Å². The highest BCUT2D eigenvalue weighted by Crippen LogP contribution is 2.31. The molecule has 1 aliphatic rings. The van der Waals surface area contributed by atoms with Crippen LogP contribution >= 0.6 is 23.4 Å². The number of carbonyl (C=O) groups is 1. The van der Waals surface area contributed by atoms with Crippen molar-refractivity contribution in [2.24, 2.45) is 0 Å². The van der Waals surface area contributed by atoms with E-state index in [2.05, 4.69) is 56.9 Å². The Labute approximate surface area is 248 Å². The maximum absolute atomic E-state index is 13.4. The number of carbonyl (C=O) groups excluding carboxylic acids is 1. The number of hydrogen-bond acceptors (Lipinski definition) is 7. The maximum Gasteiger partial charge on any atom is 0.236 e. The normalized spacial score (nSPS) is 14.5. The van der Waals surface area contributed by atoms with Crippen molar-refractivity contribution in [1.82, 2.24) is 24.6 Å². The smallest absolute Gasteiger partial charge is 0.236 e. The minimum Gasteiger partial charge on any atom is -0.495 e. The topological polar surface area (TPSA) is 76.4 Å². The third-order valence-corrected chi connectivity index (χ3v) is 8.65. The molecule has 1 amide bonds. The summed E-state index contributed by atoms with van der Waals surface area (Å²) in [7, 11) is 1.68. The van der Waals surface area contributed by atoms with Crippen molar-refractivity contribution in [2.75, 3.05) is 38.2 Å². The average Bonchev–Trinajstić information content (AvgIpc) is 3.28. The second-order valence-corrected chi connectivity index (χ2v) is 12.0. The van der Waals surface area contributed by atoms with Crippen LogP contribution in [0.2, 0.25) is 5.02 Å². The Morgan fingerprint density at radius 1 is 1.02 bits per heavy atom. The summed E-state index contributed by atoms with van der Waals surface area (Å²) in [5.74, 6) is 0.924. The van der Waals surface area contributed by atoms with Crippen molar-refractivity contribution in [2.45, 2.75) is 30.8 Å². The molecule has 1 unspecified atom stereocenters. The molecule has 8 nitrogen and oxygen atoms in total. The molecule has 3 aromatic carbocycles. The Bertz CT molecular complexity index is 1730. The van der Waals surface area contributed by atoms with E-state index in [-0.39, 0.29) is 11.2 Å². The number of ether oxygens (including phenoxy) is 1. The number of aromatic nitrogens is 4. The summed E-state index contributed by atoms with van der Waals surface area (Å²) in [5.41, 5.74) is 5.80. The molecule has 0 radical (unpaired) electrons. The molecule has 0 bridgehead atoms. The molecule has 0 aliphatic carbocycles. The molecule has 1 fully saturated rings. The highest BCUT2D eigenvalue weighted by atomic mass is 35.5. The molecule has 0 N–H and O–H groups in total. The molecule has 5 aromatic rings. The van der Waals surface area contributed by atoms with E-state index in [1.54, 1.807) is 7.11 Å². The van der Waals surface area contributed by atoms with Crippen molar-refractivity contribution in [3.63, 3.8) is 0 Å². The zero-order valence-electron chi connectivity index (χ0n) is 23.2. The van der Waals surface area contributed by atoms with E-state index < -0.39 is 0 Å². The Balaban J connectivity index is 1.21. The summed E-state index contributed by atoms with van der Waals surface area (Å²) in [6, 6.07) is 22.1. The van der Waals surface area contributed by atoms with Crippen LogP contribution in [0.3, 0.4) is 0 Å². The number of fused-ring (bicyclic) bond motifs is 3. The number of amides is 1. The van der Waals surface area contributed by atoms with Crippen LogP contribution in [0, 0.1) is 6.92 Å². The molecular weight excluding hydrogens is 556 g/mol. The van der Waals surface area contributed by atoms with Crippen molar-refractivity contribution in [3.05, 3.63) is 82.9 Å². The number of rotatable bonds is 7. The SMILES string of the molecule is COc1ccccc1N1CCN(C(=O)C(C)Sc2nnc3c4cc(C)ccc4n(Cc4cccc(Cl)c4)c3n2)CC1. The third kappa shape index (κ3) is 5.56. The van der Waals surface area contributed by atoms with Crippen molar-refractivity contribution in [1.29, 1.82) is 0 Å². The summed E-state index contributed by atoms with van der Waals surface area (Å²) in [4.78, 5) is 22.5. The van der Waals surface area contributed by atoms with Gasteiger partial charge in [-0.05, 0) is 55.8 Å². The number of benzene rings is 3. The fourth-order valence-corrected chi connectivity index (χ4v) is 6.41. The summed E-state index contributed by atoms with van der Waals surface area (Å²) in [5, 5.41) is 10.9. The molecule has 1 atom stereocenters. The van der Waals surface area contributed by atoms with Gasteiger partial charge in [-0.2, -0.15) is 0 Å². The lowest BCUT2D eigenvalue weighted by atomic mass is 10.1. The van der Waals surface area contributed by atoms with E-state index in [9.17, 15) is 4.79 Å². The highest BCUT2D eigenvalue weighted by Gasteiger charge is 2.27. The van der Waals surface area contributed by atoms with Crippen LogP contribution in [0.15, 0.2) is 71.9 Å². The standard InChI is InChI=1S/C31H31ClN6O2S/c1-20-11-12-25-24(17-20)28-29(38(25)19-22-7-6-8-23(32)18-22)33-31(35-34-28)41-21(2)30(39)37-15-13-36(14-16-37)26-9-4-5-10-27(26)40-3/h4-12,17-18,21H,13-16,19H2,1-3H3. The van der Waals surface area contributed by atoms with Gasteiger partial charge in [0.05, 0.1) is 23.6 Å². The highest BCUT2D eigenvalue weighted by molar-refractivity contribution is 8.00. The molecule has 10 heteroatoms. The van der Waals surface area contributed by atoms with E-state index in [1.807, 2.05) is 48.2 Å². The van der Waals surface area contributed by atoms with Gasteiger partial charge in [-0.3, -0.25) is 4.79 Å². The number of methoxy groups -OCH3 is 1. The van der Waals surface area contributed by atoms with E-state index in [1.165, 1.54) is 11.8 Å². The van der Waals surface area contributed by atoms with Gasteiger partial charge in [0.1, 0.15) is 11.3 Å². The number of aryl methyl sites for hydroxylation is 1. The summed E-state index contributed by atoms with van der Waals surface area (Å²) < 4.78 is 7.68. The summed E-state index contributed by atoms with van der Waals surface area (Å²) in [6.07, 6.45) is 0. The van der Waals surface area contributed by atoms with Gasteiger partial charge in [0.25, 0.3) is 0 Å². The van der Waals surface area contributed by atoms with Gasteiger partial charge in [-0.25, -0.2) is 4.98 Å². The zero-order chi connectivity index (χ0) is 28.5. The fraction of sp³-hybridized carbons (Fsp3) is 0.290. The van der Waals surface area contributed by atoms with Crippen LogP contribution in [0.1, 0.15) is 18.1 Å². The molecule has 3 heterocycles. The van der Waals surface area contributed by atoms with E-state index in [0.29, 0.717) is 29.8 Å². The number of hydrogen-bond donors (Lipinski definition) is 0. The average molecular weight is 587 g/mol. The Morgan fingerprint density at radius 3 is 2.61 bits per heavy atom. The number of thioether (sulfide) groups is 1. The second kappa shape index (κ2) is 11.6. The lowest BCUT2D eigenvalue weighted by molar-refractivity contribution is -0.130. The lowest BCUT2D eigenvalue weighted by Gasteiger charge is -2.37. The van der Waals surface area contributed by atoms with Gasteiger partial charge in [-0.15, -0.1) is 10.2 Å². The first-order chi connectivity index (χ1) is 19.9. The number of nitrogens with zero attached hydrogens (tertiary/aromatic N) is 6. The molecule has 2 aromatic heterocycles. The van der Waals surface area contributed by atoms with Gasteiger partial charge in [0.15, 0.2) is 5.65 Å². The van der Waals surface area contributed by atoms with Gasteiger partial charge in [-0.1, -0.05) is 59.3 Å². The Hall–Kier alpha value is -3.82. The largest absolute Gasteiger partial charge is 0.495 e. The molecule has 6 rings (SSSR count). The van der Waals surface area contributed by atoms with Crippen LogP contribution in [0.5, 0.6) is 5.75 Å². The summed E-state index contributed by atoms with van der Waals surface area (Å²) in [6.45, 7) is 7.36. The Kier molecular flexibility index (Phi) is 7.73. The lowest BCUT2D eigenvalue weighted by Crippen LogP contribution is -2.50. The molecule has 210 valence electrons. The van der Waals surface area contributed by atoms with Gasteiger partial charge in [0, 0.05) is 43.1 Å².